The van der Waals surface area contributed by atoms with Crippen LogP contribution >= 0.6 is 0 Å². The number of carboxylic acid groups (broad SMARTS) is 1. The molecule has 126 valence electrons. The van der Waals surface area contributed by atoms with Crippen LogP contribution in [0.5, 0.6) is 0 Å². The Kier molecular flexibility index (Phi) is 3.95. The second kappa shape index (κ2) is 5.78. The lowest BCUT2D eigenvalue weighted by Gasteiger charge is -2.33. The van der Waals surface area contributed by atoms with Crippen molar-refractivity contribution in [2.24, 2.45) is 0 Å². The maximum atomic E-state index is 13.1. The average Bonchev–Trinajstić information content (AvgIpc) is 2.92. The number of urea groups is 1. The van der Waals surface area contributed by atoms with Gasteiger partial charge in [0.1, 0.15) is 0 Å². The molecule has 0 radical (unpaired) electrons. The zero-order valence-electron chi connectivity index (χ0n) is 12.5. The number of hydrogen-bond donors (Lipinski definition) is 2. The van der Waals surface area contributed by atoms with Gasteiger partial charge in [-0.15, -0.1) is 0 Å². The lowest BCUT2D eigenvalue weighted by molar-refractivity contribution is -0.0471. The van der Waals surface area contributed by atoms with Crippen LogP contribution in [0.4, 0.5) is 13.6 Å². The number of piperidine rings is 1. The van der Waals surface area contributed by atoms with Gasteiger partial charge >= 0.3 is 12.0 Å². The third kappa shape index (κ3) is 3.27. The summed E-state index contributed by atoms with van der Waals surface area (Å²) in [4.78, 5) is 24.6. The number of likely N-dealkylation sites (tertiary alicyclic amines) is 1. The van der Waals surface area contributed by atoms with E-state index < -0.39 is 17.9 Å². The topological polar surface area (TPSA) is 87.5 Å². The number of aromatic nitrogens is 2. The number of nitrogens with zero attached hydrogens (tertiary/aromatic N) is 3. The number of hydrogen-bond acceptors (Lipinski definition) is 3. The van der Waals surface area contributed by atoms with Crippen LogP contribution < -0.4 is 5.32 Å². The van der Waals surface area contributed by atoms with Crippen molar-refractivity contribution < 1.29 is 23.5 Å². The third-order valence-electron chi connectivity index (χ3n) is 4.33. The lowest BCUT2D eigenvalue weighted by Crippen LogP contribution is -2.48. The van der Waals surface area contributed by atoms with Gasteiger partial charge in [0.25, 0.3) is 5.92 Å². The molecule has 3 heterocycles. The summed E-state index contributed by atoms with van der Waals surface area (Å²) in [7, 11) is 0. The summed E-state index contributed by atoms with van der Waals surface area (Å²) < 4.78 is 27.9. The van der Waals surface area contributed by atoms with E-state index in [2.05, 4.69) is 10.4 Å². The van der Waals surface area contributed by atoms with E-state index in [1.807, 2.05) is 0 Å². The third-order valence-corrected chi connectivity index (χ3v) is 4.33. The molecule has 2 amide bonds. The molecule has 0 saturated carbocycles. The Hall–Kier alpha value is -2.19. The molecule has 2 aliphatic rings. The van der Waals surface area contributed by atoms with Crippen molar-refractivity contribution in [1.82, 2.24) is 20.0 Å². The minimum Gasteiger partial charge on any atom is -0.476 e. The monoisotopic (exact) mass is 328 g/mol. The largest absolute Gasteiger partial charge is 0.476 e. The minimum atomic E-state index is -2.70. The molecule has 0 bridgehead atoms. The summed E-state index contributed by atoms with van der Waals surface area (Å²) >= 11 is 0. The van der Waals surface area contributed by atoms with Gasteiger partial charge in [-0.3, -0.25) is 4.68 Å². The highest BCUT2D eigenvalue weighted by Crippen LogP contribution is 2.29. The van der Waals surface area contributed by atoms with Crippen molar-refractivity contribution >= 4 is 12.0 Å². The van der Waals surface area contributed by atoms with Crippen LogP contribution in [0, 0.1) is 0 Å². The first kappa shape index (κ1) is 15.7. The van der Waals surface area contributed by atoms with Gasteiger partial charge in [0.15, 0.2) is 5.69 Å². The van der Waals surface area contributed by atoms with Crippen LogP contribution in [0.2, 0.25) is 0 Å². The molecule has 1 unspecified atom stereocenters. The number of rotatable bonds is 2. The van der Waals surface area contributed by atoms with E-state index in [0.29, 0.717) is 18.7 Å². The molecule has 0 spiro atoms. The first-order valence-corrected chi connectivity index (χ1v) is 7.60. The summed E-state index contributed by atoms with van der Waals surface area (Å²) in [5, 5.41) is 15.8. The van der Waals surface area contributed by atoms with Gasteiger partial charge in [-0.1, -0.05) is 0 Å². The fourth-order valence-corrected chi connectivity index (χ4v) is 3.01. The number of carboxylic acids is 1. The highest BCUT2D eigenvalue weighted by Gasteiger charge is 2.36. The van der Waals surface area contributed by atoms with Crippen LogP contribution in [0.1, 0.15) is 47.9 Å². The Morgan fingerprint density at radius 3 is 2.65 bits per heavy atom. The molecular formula is C14H18F2N4O3. The summed E-state index contributed by atoms with van der Waals surface area (Å²) in [5.74, 6) is -3.81. The first-order valence-electron chi connectivity index (χ1n) is 7.60. The van der Waals surface area contributed by atoms with Crippen molar-refractivity contribution in [1.29, 1.82) is 0 Å². The van der Waals surface area contributed by atoms with Gasteiger partial charge in [-0.25, -0.2) is 18.4 Å². The van der Waals surface area contributed by atoms with Gasteiger partial charge in [-0.05, 0) is 18.9 Å². The SMILES string of the molecule is O=C(O)c1cc2n(n1)CCCC2NC(=O)N1CCC(F)(F)CC1. The zero-order chi connectivity index (χ0) is 16.6. The smallest absolute Gasteiger partial charge is 0.356 e. The van der Waals surface area contributed by atoms with E-state index in [1.165, 1.54) is 11.0 Å². The van der Waals surface area contributed by atoms with Crippen LogP contribution in [-0.4, -0.2) is 50.8 Å². The van der Waals surface area contributed by atoms with Crippen molar-refractivity contribution in [3.63, 3.8) is 0 Å². The standard InChI is InChI=1S/C14H18F2N4O3/c15-14(16)3-6-19(7-4-14)13(23)17-9-2-1-5-20-11(9)8-10(18-20)12(21)22/h8-9H,1-7H2,(H,17,23)(H,21,22). The summed E-state index contributed by atoms with van der Waals surface area (Å²) in [6.07, 6.45) is 0.773. The number of carbonyl (C=O) groups excluding carboxylic acids is 1. The molecule has 0 aromatic carbocycles. The Morgan fingerprint density at radius 1 is 1.30 bits per heavy atom. The Labute approximate surface area is 131 Å². The fourth-order valence-electron chi connectivity index (χ4n) is 3.01. The molecule has 1 aromatic heterocycles. The molecular weight excluding hydrogens is 310 g/mol. The van der Waals surface area contributed by atoms with Gasteiger partial charge in [0, 0.05) is 32.5 Å². The molecule has 3 rings (SSSR count). The van der Waals surface area contributed by atoms with Gasteiger partial charge in [-0.2, -0.15) is 5.10 Å². The van der Waals surface area contributed by atoms with E-state index >= 15 is 0 Å². The Morgan fingerprint density at radius 2 is 2.00 bits per heavy atom. The summed E-state index contributed by atoms with van der Waals surface area (Å²) in [6, 6.07) is 0.716. The van der Waals surface area contributed by atoms with E-state index in [0.717, 1.165) is 6.42 Å². The normalized spacial score (nSPS) is 23.2. The van der Waals surface area contributed by atoms with Crippen molar-refractivity contribution in [2.75, 3.05) is 13.1 Å². The first-order chi connectivity index (χ1) is 10.9. The number of nitrogens with one attached hydrogen (secondary N) is 1. The van der Waals surface area contributed by atoms with Crippen LogP contribution in [0.25, 0.3) is 0 Å². The summed E-state index contributed by atoms with van der Waals surface area (Å²) in [6.45, 7) is 0.640. The lowest BCUT2D eigenvalue weighted by atomic mass is 10.0. The molecule has 1 aromatic rings. The van der Waals surface area contributed by atoms with E-state index in [9.17, 15) is 18.4 Å². The molecule has 7 nitrogen and oxygen atoms in total. The molecule has 9 heteroatoms. The molecule has 23 heavy (non-hydrogen) atoms. The molecule has 1 saturated heterocycles. The second-order valence-corrected chi connectivity index (χ2v) is 5.97. The minimum absolute atomic E-state index is 0.0190. The van der Waals surface area contributed by atoms with Gasteiger partial charge < -0.3 is 15.3 Å². The number of aryl methyl sites for hydroxylation is 1. The summed E-state index contributed by atoms with van der Waals surface area (Å²) in [5.41, 5.74) is 0.586. The molecule has 1 fully saturated rings. The van der Waals surface area contributed by atoms with Crippen molar-refractivity contribution in [3.8, 4) is 0 Å². The zero-order valence-corrected chi connectivity index (χ0v) is 12.5. The number of amides is 2. The van der Waals surface area contributed by atoms with Crippen LogP contribution in [0.15, 0.2) is 6.07 Å². The van der Waals surface area contributed by atoms with E-state index in [4.69, 9.17) is 5.11 Å². The highest BCUT2D eigenvalue weighted by atomic mass is 19.3. The van der Waals surface area contributed by atoms with Gasteiger partial charge in [0.2, 0.25) is 0 Å². The maximum Gasteiger partial charge on any atom is 0.356 e. The Balaban J connectivity index is 1.67. The van der Waals surface area contributed by atoms with Crippen LogP contribution in [-0.2, 0) is 6.54 Å². The maximum absolute atomic E-state index is 13.1. The van der Waals surface area contributed by atoms with Gasteiger partial charge in [0.05, 0.1) is 11.7 Å². The number of alkyl halides is 2. The fraction of sp³-hybridized carbons (Fsp3) is 0.643. The molecule has 2 N–H and O–H groups in total. The van der Waals surface area contributed by atoms with E-state index in [1.54, 1.807) is 4.68 Å². The molecule has 2 aliphatic heterocycles. The Bertz CT molecular complexity index is 622. The van der Waals surface area contributed by atoms with Crippen molar-refractivity contribution in [3.05, 3.63) is 17.5 Å². The number of aromatic carboxylic acids is 1. The predicted octanol–water partition coefficient (Wildman–Crippen LogP) is 1.86. The van der Waals surface area contributed by atoms with Crippen LogP contribution in [0.3, 0.4) is 0 Å². The second-order valence-electron chi connectivity index (χ2n) is 5.97. The number of carbonyl (C=O) groups is 2. The molecule has 0 aliphatic carbocycles. The van der Waals surface area contributed by atoms with E-state index in [-0.39, 0.29) is 37.7 Å². The molecule has 1 atom stereocenters. The number of halogens is 2. The highest BCUT2D eigenvalue weighted by molar-refractivity contribution is 5.85. The predicted molar refractivity (Wildman–Crippen MR) is 75.4 cm³/mol. The van der Waals surface area contributed by atoms with Crippen molar-refractivity contribution in [2.45, 2.75) is 44.2 Å². The average molecular weight is 328 g/mol. The number of fused-ring (bicyclic) bond motifs is 1. The quantitative estimate of drug-likeness (QED) is 0.867.